The lowest BCUT2D eigenvalue weighted by Crippen LogP contribution is -2.31. The van der Waals surface area contributed by atoms with Crippen LogP contribution < -0.4 is 5.46 Å². The lowest BCUT2D eigenvalue weighted by Gasteiger charge is -2.06. The van der Waals surface area contributed by atoms with E-state index in [1.54, 1.807) is 11.3 Å². The predicted molar refractivity (Wildman–Crippen MR) is 67.0 cm³/mol. The lowest BCUT2D eigenvalue weighted by molar-refractivity contribution is 0.365. The maximum atomic E-state index is 5.54. The number of benzene rings is 1. The minimum atomic E-state index is -0.179. The van der Waals surface area contributed by atoms with Crippen LogP contribution in [0.4, 0.5) is 0 Å². The lowest BCUT2D eigenvalue weighted by atomic mass is 9.77. The fourth-order valence-corrected chi connectivity index (χ4v) is 2.74. The molecule has 3 rings (SSSR count). The van der Waals surface area contributed by atoms with Crippen molar-refractivity contribution >= 4 is 23.9 Å². The van der Waals surface area contributed by atoms with Gasteiger partial charge in [-0.1, -0.05) is 30.3 Å². The highest BCUT2D eigenvalue weighted by atomic mass is 32.1. The highest BCUT2D eigenvalue weighted by Crippen LogP contribution is 2.21. The molecule has 1 aromatic carbocycles. The second-order valence-corrected chi connectivity index (χ2v) is 4.42. The van der Waals surface area contributed by atoms with Crippen LogP contribution in [0.25, 0.3) is 11.1 Å². The number of hydrogen-bond acceptors (Lipinski definition) is 3. The van der Waals surface area contributed by atoms with Gasteiger partial charge in [0.15, 0.2) is 0 Å². The van der Waals surface area contributed by atoms with Crippen LogP contribution in [0.2, 0.25) is 0 Å². The number of rotatable bonds is 2. The first-order valence-electron chi connectivity index (χ1n) is 5.30. The summed E-state index contributed by atoms with van der Waals surface area (Å²) >= 11 is 1.69. The van der Waals surface area contributed by atoms with Gasteiger partial charge < -0.3 is 9.31 Å². The maximum absolute atomic E-state index is 5.54. The molecule has 1 aromatic heterocycles. The van der Waals surface area contributed by atoms with E-state index in [9.17, 15) is 0 Å². The summed E-state index contributed by atoms with van der Waals surface area (Å²) in [6.45, 7) is 1.38. The van der Waals surface area contributed by atoms with E-state index in [4.69, 9.17) is 9.31 Å². The Morgan fingerprint density at radius 3 is 2.50 bits per heavy atom. The van der Waals surface area contributed by atoms with Crippen molar-refractivity contribution < 1.29 is 9.31 Å². The summed E-state index contributed by atoms with van der Waals surface area (Å²) in [6.07, 6.45) is 0. The Morgan fingerprint density at radius 2 is 1.75 bits per heavy atom. The molecule has 1 saturated heterocycles. The zero-order valence-corrected chi connectivity index (χ0v) is 9.57. The van der Waals surface area contributed by atoms with E-state index in [1.165, 1.54) is 11.1 Å². The van der Waals surface area contributed by atoms with Gasteiger partial charge in [0.2, 0.25) is 0 Å². The Balaban J connectivity index is 1.99. The molecule has 0 unspecified atom stereocenters. The number of thiophene rings is 1. The van der Waals surface area contributed by atoms with Gasteiger partial charge in [-0.2, -0.15) is 11.3 Å². The summed E-state index contributed by atoms with van der Waals surface area (Å²) in [5, 5.41) is 4.26. The van der Waals surface area contributed by atoms with Crippen molar-refractivity contribution in [3.8, 4) is 11.1 Å². The number of hydrogen-bond donors (Lipinski definition) is 0. The predicted octanol–water partition coefficient (Wildman–Crippen LogP) is 2.16. The van der Waals surface area contributed by atoms with Gasteiger partial charge in [0.05, 0.1) is 13.2 Å². The van der Waals surface area contributed by atoms with Gasteiger partial charge in [0, 0.05) is 5.46 Å². The van der Waals surface area contributed by atoms with Crippen LogP contribution in [-0.4, -0.2) is 20.3 Å². The molecule has 0 saturated carbocycles. The smallest absolute Gasteiger partial charge is 0.405 e. The first kappa shape index (κ1) is 10.1. The highest BCUT2D eigenvalue weighted by molar-refractivity contribution is 7.09. The maximum Gasteiger partial charge on any atom is 0.495 e. The van der Waals surface area contributed by atoms with E-state index in [-0.39, 0.29) is 7.12 Å². The Morgan fingerprint density at radius 1 is 1.00 bits per heavy atom. The summed E-state index contributed by atoms with van der Waals surface area (Å²) < 4.78 is 11.1. The minimum absolute atomic E-state index is 0.179. The normalized spacial score (nSPS) is 15.6. The Bertz CT molecular complexity index is 463. The minimum Gasteiger partial charge on any atom is -0.405 e. The molecule has 1 aliphatic heterocycles. The third-order valence-corrected chi connectivity index (χ3v) is 3.41. The van der Waals surface area contributed by atoms with E-state index < -0.39 is 0 Å². The van der Waals surface area contributed by atoms with Gasteiger partial charge in [-0.05, 0) is 21.9 Å². The van der Waals surface area contributed by atoms with Gasteiger partial charge in [-0.15, -0.1) is 0 Å². The Hall–Kier alpha value is -1.10. The molecule has 0 spiro atoms. The highest BCUT2D eigenvalue weighted by Gasteiger charge is 2.29. The zero-order valence-electron chi connectivity index (χ0n) is 8.76. The topological polar surface area (TPSA) is 18.5 Å². The monoisotopic (exact) mass is 230 g/mol. The van der Waals surface area contributed by atoms with Crippen molar-refractivity contribution in [2.75, 3.05) is 13.2 Å². The van der Waals surface area contributed by atoms with Gasteiger partial charge in [0.25, 0.3) is 0 Å². The van der Waals surface area contributed by atoms with Crippen LogP contribution in [0.15, 0.2) is 41.1 Å². The molecular formula is C12H11BO2S. The molecule has 1 aliphatic rings. The summed E-state index contributed by atoms with van der Waals surface area (Å²) in [5.74, 6) is 0. The third-order valence-electron chi connectivity index (χ3n) is 2.65. The molecule has 0 bridgehead atoms. The van der Waals surface area contributed by atoms with Gasteiger partial charge in [-0.3, -0.25) is 0 Å². The van der Waals surface area contributed by atoms with Crippen molar-refractivity contribution in [1.29, 1.82) is 0 Å². The van der Waals surface area contributed by atoms with Crippen molar-refractivity contribution in [2.24, 2.45) is 0 Å². The van der Waals surface area contributed by atoms with E-state index in [2.05, 4.69) is 22.9 Å². The standard InChI is InChI=1S/C12H11BO2S/c1-2-4-10(5-3-1)11-8-16-9-12(11)13-14-6-7-15-13/h1-5,8-9H,6-7H2. The van der Waals surface area contributed by atoms with Gasteiger partial charge in [-0.25, -0.2) is 0 Å². The molecule has 2 nitrogen and oxygen atoms in total. The van der Waals surface area contributed by atoms with Crippen molar-refractivity contribution in [3.63, 3.8) is 0 Å². The molecule has 0 amide bonds. The third kappa shape index (κ3) is 1.80. The molecule has 0 radical (unpaired) electrons. The van der Waals surface area contributed by atoms with Crippen LogP contribution in [-0.2, 0) is 9.31 Å². The van der Waals surface area contributed by atoms with Crippen LogP contribution in [0.3, 0.4) is 0 Å². The fraction of sp³-hybridized carbons (Fsp3) is 0.167. The van der Waals surface area contributed by atoms with Crippen LogP contribution in [0.5, 0.6) is 0 Å². The molecule has 4 heteroatoms. The van der Waals surface area contributed by atoms with E-state index in [0.29, 0.717) is 13.2 Å². The summed E-state index contributed by atoms with van der Waals surface area (Å²) in [7, 11) is -0.179. The summed E-state index contributed by atoms with van der Waals surface area (Å²) in [4.78, 5) is 0. The molecule has 0 atom stereocenters. The van der Waals surface area contributed by atoms with Crippen molar-refractivity contribution in [2.45, 2.75) is 0 Å². The molecule has 0 N–H and O–H groups in total. The average molecular weight is 230 g/mol. The molecule has 16 heavy (non-hydrogen) atoms. The fourth-order valence-electron chi connectivity index (χ4n) is 1.88. The van der Waals surface area contributed by atoms with Crippen LogP contribution >= 0.6 is 11.3 Å². The van der Waals surface area contributed by atoms with Crippen LogP contribution in [0.1, 0.15) is 0 Å². The van der Waals surface area contributed by atoms with E-state index >= 15 is 0 Å². The van der Waals surface area contributed by atoms with E-state index in [1.807, 2.05) is 18.2 Å². The molecule has 1 fully saturated rings. The second-order valence-electron chi connectivity index (χ2n) is 3.68. The Kier molecular flexibility index (Phi) is 2.78. The first-order valence-corrected chi connectivity index (χ1v) is 6.24. The molecule has 80 valence electrons. The molecule has 2 heterocycles. The van der Waals surface area contributed by atoms with Crippen LogP contribution in [0, 0.1) is 0 Å². The second kappa shape index (κ2) is 4.41. The quantitative estimate of drug-likeness (QED) is 0.736. The van der Waals surface area contributed by atoms with Gasteiger partial charge >= 0.3 is 7.12 Å². The molecular weight excluding hydrogens is 219 g/mol. The first-order chi connectivity index (χ1) is 7.95. The molecule has 0 aliphatic carbocycles. The van der Waals surface area contributed by atoms with Crippen molar-refractivity contribution in [1.82, 2.24) is 0 Å². The van der Waals surface area contributed by atoms with Gasteiger partial charge in [0.1, 0.15) is 0 Å². The zero-order chi connectivity index (χ0) is 10.8. The SMILES string of the molecule is c1ccc(-c2cscc2B2OCCO2)cc1. The summed E-state index contributed by atoms with van der Waals surface area (Å²) in [6, 6.07) is 10.3. The Labute approximate surface area is 99.0 Å². The molecule has 2 aromatic rings. The summed E-state index contributed by atoms with van der Waals surface area (Å²) in [5.41, 5.74) is 3.59. The van der Waals surface area contributed by atoms with E-state index in [0.717, 1.165) is 5.46 Å². The average Bonchev–Trinajstić information content (AvgIpc) is 3.01. The largest absolute Gasteiger partial charge is 0.495 e. The van der Waals surface area contributed by atoms with Crippen molar-refractivity contribution in [3.05, 3.63) is 41.1 Å².